The van der Waals surface area contributed by atoms with Crippen LogP contribution in [0.2, 0.25) is 10.0 Å². The fourth-order valence-corrected chi connectivity index (χ4v) is 5.96. The lowest BCUT2D eigenvalue weighted by Crippen LogP contribution is -2.46. The summed E-state index contributed by atoms with van der Waals surface area (Å²) in [4.78, 5) is 12.5. The molecule has 1 N–H and O–H groups in total. The highest BCUT2D eigenvalue weighted by atomic mass is 35.5. The van der Waals surface area contributed by atoms with Crippen molar-refractivity contribution in [2.45, 2.75) is 13.0 Å². The first-order chi connectivity index (χ1) is 20.5. The maximum atomic E-state index is 6.60. The molecule has 0 radical (unpaired) electrons. The second-order valence-electron chi connectivity index (χ2n) is 10.1. The van der Waals surface area contributed by atoms with Gasteiger partial charge in [-0.05, 0) is 61.0 Å². The molecule has 4 aromatic carbocycles. The molecule has 0 spiro atoms. The number of benzene rings is 4. The topological polar surface area (TPSA) is 76.3 Å². The molecule has 8 rings (SSSR count). The summed E-state index contributed by atoms with van der Waals surface area (Å²) in [5.74, 6) is 3.34. The van der Waals surface area contributed by atoms with Crippen LogP contribution in [-0.4, -0.2) is 28.2 Å². The summed E-state index contributed by atoms with van der Waals surface area (Å²) >= 11 is 13.0. The molecular weight excluding hydrogens is 571 g/mol. The number of amidine groups is 2. The first-order valence-corrected chi connectivity index (χ1v) is 14.1. The lowest BCUT2D eigenvalue weighted by atomic mass is 9.93. The summed E-state index contributed by atoms with van der Waals surface area (Å²) in [7, 11) is 0. The minimum Gasteiger partial charge on any atom is -0.454 e. The summed E-state index contributed by atoms with van der Waals surface area (Å²) in [6.07, 6.45) is 0. The van der Waals surface area contributed by atoms with Gasteiger partial charge in [0.15, 0.2) is 29.0 Å². The van der Waals surface area contributed by atoms with Crippen LogP contribution in [0.15, 0.2) is 101 Å². The lowest BCUT2D eigenvalue weighted by Gasteiger charge is -2.40. The third-order valence-electron chi connectivity index (χ3n) is 7.53. The van der Waals surface area contributed by atoms with Gasteiger partial charge >= 0.3 is 0 Å². The molecule has 1 atom stereocenters. The minimum atomic E-state index is -0.315. The molecule has 206 valence electrons. The Labute approximate surface area is 251 Å². The Morgan fingerprint density at radius 1 is 0.833 bits per heavy atom. The Balaban J connectivity index is 1.37. The molecule has 42 heavy (non-hydrogen) atoms. The van der Waals surface area contributed by atoms with Gasteiger partial charge in [0, 0.05) is 17.3 Å². The molecule has 3 aliphatic rings. The first kappa shape index (κ1) is 25.0. The van der Waals surface area contributed by atoms with Crippen LogP contribution in [-0.2, 0) is 0 Å². The van der Waals surface area contributed by atoms with E-state index in [1.807, 2.05) is 96.5 Å². The lowest BCUT2D eigenvalue weighted by molar-refractivity contribution is 0.174. The SMILES string of the molecule is Cc1nn(-c2ccccc2)c2c1[C@H](c1ccc(Cl)c(Cl)c1)N1C(=N2)C(Nc2ccc3c(c2)OCO3)=Nc2ccccc21. The van der Waals surface area contributed by atoms with E-state index < -0.39 is 0 Å². The van der Waals surface area contributed by atoms with Crippen LogP contribution in [0.25, 0.3) is 5.69 Å². The van der Waals surface area contributed by atoms with E-state index >= 15 is 0 Å². The number of para-hydroxylation sites is 3. The van der Waals surface area contributed by atoms with Gasteiger partial charge in [-0.3, -0.25) is 0 Å². The molecule has 0 fully saturated rings. The summed E-state index contributed by atoms with van der Waals surface area (Å²) in [5, 5.41) is 9.45. The van der Waals surface area contributed by atoms with E-state index in [0.29, 0.717) is 33.2 Å². The van der Waals surface area contributed by atoms with E-state index in [1.54, 1.807) is 0 Å². The quantitative estimate of drug-likeness (QED) is 0.229. The third-order valence-corrected chi connectivity index (χ3v) is 8.27. The molecule has 8 nitrogen and oxygen atoms in total. The van der Waals surface area contributed by atoms with E-state index in [-0.39, 0.29) is 12.8 Å². The Bertz CT molecular complexity index is 1950. The van der Waals surface area contributed by atoms with Crippen LogP contribution in [0.4, 0.5) is 22.9 Å². The molecule has 4 heterocycles. The largest absolute Gasteiger partial charge is 0.454 e. The highest BCUT2D eigenvalue weighted by Crippen LogP contribution is 2.49. The zero-order chi connectivity index (χ0) is 28.4. The number of aryl methyl sites for hydroxylation is 1. The normalized spacial score (nSPS) is 16.3. The number of ether oxygens (including phenoxy) is 2. The number of aliphatic imine (C=N–C) groups is 2. The van der Waals surface area contributed by atoms with Crippen LogP contribution < -0.4 is 19.7 Å². The molecule has 1 aromatic heterocycles. The number of nitrogens with zero attached hydrogens (tertiary/aromatic N) is 5. The predicted octanol–water partition coefficient (Wildman–Crippen LogP) is 8.01. The van der Waals surface area contributed by atoms with Crippen LogP contribution in [0.5, 0.6) is 11.5 Å². The molecule has 0 aliphatic carbocycles. The van der Waals surface area contributed by atoms with E-state index in [2.05, 4.69) is 16.3 Å². The molecule has 0 amide bonds. The van der Waals surface area contributed by atoms with Crippen molar-refractivity contribution >= 4 is 57.8 Å². The van der Waals surface area contributed by atoms with Crippen molar-refractivity contribution in [3.8, 4) is 17.2 Å². The molecule has 10 heteroatoms. The smallest absolute Gasteiger partial charge is 0.231 e. The van der Waals surface area contributed by atoms with Crippen molar-refractivity contribution in [3.63, 3.8) is 0 Å². The second-order valence-corrected chi connectivity index (χ2v) is 10.9. The summed E-state index contributed by atoms with van der Waals surface area (Å²) in [5.41, 5.74) is 6.21. The molecule has 3 aliphatic heterocycles. The van der Waals surface area contributed by atoms with Crippen molar-refractivity contribution < 1.29 is 9.47 Å². The van der Waals surface area contributed by atoms with Crippen molar-refractivity contribution in [1.82, 2.24) is 9.78 Å². The van der Waals surface area contributed by atoms with Gasteiger partial charge in [-0.2, -0.15) is 5.10 Å². The van der Waals surface area contributed by atoms with Crippen LogP contribution in [0.1, 0.15) is 22.9 Å². The standard InChI is InChI=1S/C32H22Cl2N6O2/c1-18-28-29(19-11-13-22(33)23(34)15-19)39-25-10-6-5-9-24(25)36-30(35-20-12-14-26-27(16-20)42-17-41-26)32(39)37-31(28)40(38-18)21-7-3-2-4-8-21/h2-16,29H,17H2,1H3,(H,35,36)/t29-/m0/s1. The van der Waals surface area contributed by atoms with Gasteiger partial charge in [0.05, 0.1) is 38.8 Å². The Kier molecular flexibility index (Phi) is 5.73. The van der Waals surface area contributed by atoms with Crippen molar-refractivity contribution in [2.24, 2.45) is 9.98 Å². The average Bonchev–Trinajstić information content (AvgIpc) is 3.62. The number of fused-ring (bicyclic) bond motifs is 5. The highest BCUT2D eigenvalue weighted by Gasteiger charge is 2.41. The van der Waals surface area contributed by atoms with Crippen molar-refractivity contribution in [1.29, 1.82) is 0 Å². The van der Waals surface area contributed by atoms with Crippen molar-refractivity contribution in [2.75, 3.05) is 17.0 Å². The van der Waals surface area contributed by atoms with Gasteiger partial charge in [0.1, 0.15) is 0 Å². The summed E-state index contributed by atoms with van der Waals surface area (Å²) in [6, 6.07) is 29.2. The van der Waals surface area contributed by atoms with E-state index in [1.165, 1.54) is 0 Å². The fraction of sp³-hybridized carbons (Fsp3) is 0.0938. The van der Waals surface area contributed by atoms with Crippen LogP contribution in [0.3, 0.4) is 0 Å². The van der Waals surface area contributed by atoms with Gasteiger partial charge in [0.25, 0.3) is 0 Å². The van der Waals surface area contributed by atoms with Crippen molar-refractivity contribution in [3.05, 3.63) is 118 Å². The van der Waals surface area contributed by atoms with Gasteiger partial charge in [-0.25, -0.2) is 14.7 Å². The fourth-order valence-electron chi connectivity index (χ4n) is 5.66. The van der Waals surface area contributed by atoms with E-state index in [4.69, 9.17) is 47.8 Å². The Morgan fingerprint density at radius 3 is 2.50 bits per heavy atom. The van der Waals surface area contributed by atoms with Gasteiger partial charge in [-0.1, -0.05) is 59.6 Å². The Hall–Kier alpha value is -4.79. The average molecular weight is 593 g/mol. The number of hydrogen-bond donors (Lipinski definition) is 1. The monoisotopic (exact) mass is 592 g/mol. The zero-order valence-corrected chi connectivity index (χ0v) is 23.8. The number of nitrogens with one attached hydrogen (secondary N) is 1. The molecule has 0 saturated heterocycles. The second kappa shape index (κ2) is 9.65. The predicted molar refractivity (Wildman–Crippen MR) is 166 cm³/mol. The first-order valence-electron chi connectivity index (χ1n) is 13.4. The molecular formula is C32H22Cl2N6O2. The van der Waals surface area contributed by atoms with Gasteiger partial charge in [0.2, 0.25) is 6.79 Å². The number of hydrogen-bond acceptors (Lipinski definition) is 7. The van der Waals surface area contributed by atoms with Gasteiger partial charge < -0.3 is 19.7 Å². The summed E-state index contributed by atoms with van der Waals surface area (Å²) < 4.78 is 13.0. The van der Waals surface area contributed by atoms with Crippen LogP contribution in [0, 0.1) is 6.92 Å². The highest BCUT2D eigenvalue weighted by molar-refractivity contribution is 6.51. The molecule has 0 unspecified atom stereocenters. The number of rotatable bonds is 3. The Morgan fingerprint density at radius 2 is 1.64 bits per heavy atom. The zero-order valence-electron chi connectivity index (χ0n) is 22.3. The minimum absolute atomic E-state index is 0.199. The number of halogens is 2. The van der Waals surface area contributed by atoms with Crippen LogP contribution >= 0.6 is 23.2 Å². The maximum absolute atomic E-state index is 6.60. The summed E-state index contributed by atoms with van der Waals surface area (Å²) in [6.45, 7) is 2.21. The van der Waals surface area contributed by atoms with E-state index in [0.717, 1.165) is 45.4 Å². The van der Waals surface area contributed by atoms with E-state index in [9.17, 15) is 0 Å². The molecule has 0 bridgehead atoms. The third kappa shape index (κ3) is 3.94. The maximum Gasteiger partial charge on any atom is 0.231 e. The molecule has 5 aromatic rings. The number of aromatic nitrogens is 2. The molecule has 0 saturated carbocycles. The van der Waals surface area contributed by atoms with Gasteiger partial charge in [-0.15, -0.1) is 0 Å². The number of anilines is 2.